The van der Waals surface area contributed by atoms with Crippen LogP contribution < -0.4 is 0 Å². The van der Waals surface area contributed by atoms with E-state index in [9.17, 15) is 9.90 Å². The number of aliphatic hydroxyl groups excluding tert-OH is 1. The molecule has 2 heterocycles. The maximum atomic E-state index is 12.6. The van der Waals surface area contributed by atoms with Gasteiger partial charge in [0, 0.05) is 32.2 Å². The lowest BCUT2D eigenvalue weighted by Gasteiger charge is -2.42. The van der Waals surface area contributed by atoms with Crippen molar-refractivity contribution in [2.24, 2.45) is 0 Å². The summed E-state index contributed by atoms with van der Waals surface area (Å²) < 4.78 is 11.0. The first kappa shape index (κ1) is 18.5. The number of rotatable bonds is 7. The van der Waals surface area contributed by atoms with Gasteiger partial charge in [0.05, 0.1) is 19.8 Å². The van der Waals surface area contributed by atoms with Gasteiger partial charge in [-0.2, -0.15) is 4.98 Å². The number of hydrogen-bond acceptors (Lipinski definition) is 6. The molecule has 0 saturated carbocycles. The van der Waals surface area contributed by atoms with E-state index in [0.29, 0.717) is 57.1 Å². The highest BCUT2D eigenvalue weighted by atomic mass is 16.5. The number of carbonyl (C=O) groups excluding carboxylic acids is 1. The second-order valence-corrected chi connectivity index (χ2v) is 6.63. The van der Waals surface area contributed by atoms with Crippen LogP contribution in [-0.2, 0) is 28.8 Å². The zero-order valence-corrected chi connectivity index (χ0v) is 15.1. The van der Waals surface area contributed by atoms with Crippen LogP contribution in [0.5, 0.6) is 0 Å². The second kappa shape index (κ2) is 8.42. The van der Waals surface area contributed by atoms with E-state index in [2.05, 4.69) is 10.1 Å². The van der Waals surface area contributed by atoms with Crippen molar-refractivity contribution in [3.63, 3.8) is 0 Å². The number of aryl methyl sites for hydroxylation is 2. The smallest absolute Gasteiger partial charge is 0.227 e. The zero-order chi connectivity index (χ0) is 18.4. The van der Waals surface area contributed by atoms with Gasteiger partial charge in [0.1, 0.15) is 5.60 Å². The molecular formula is C19H25N3O4. The van der Waals surface area contributed by atoms with Gasteiger partial charge in [0.25, 0.3) is 0 Å². The van der Waals surface area contributed by atoms with Crippen LogP contribution in [0, 0.1) is 0 Å². The fourth-order valence-corrected chi connectivity index (χ4v) is 3.19. The average Bonchev–Trinajstić information content (AvgIpc) is 3.15. The molecule has 3 rings (SSSR count). The maximum Gasteiger partial charge on any atom is 0.227 e. The van der Waals surface area contributed by atoms with Crippen LogP contribution in [0.15, 0.2) is 34.9 Å². The van der Waals surface area contributed by atoms with Crippen molar-refractivity contribution < 1.29 is 19.2 Å². The molecule has 1 aromatic carbocycles. The Hall–Kier alpha value is -2.25. The van der Waals surface area contributed by atoms with E-state index < -0.39 is 5.60 Å². The summed E-state index contributed by atoms with van der Waals surface area (Å²) >= 11 is 0. The number of benzene rings is 1. The number of hydrogen-bond donors (Lipinski definition) is 1. The molecule has 0 bridgehead atoms. The molecule has 1 fully saturated rings. The van der Waals surface area contributed by atoms with E-state index in [1.54, 1.807) is 4.90 Å². The lowest BCUT2D eigenvalue weighted by atomic mass is 9.93. The summed E-state index contributed by atoms with van der Waals surface area (Å²) in [6.45, 7) is 3.14. The van der Waals surface area contributed by atoms with Crippen molar-refractivity contribution in [2.75, 3.05) is 26.3 Å². The molecule has 0 unspecified atom stereocenters. The van der Waals surface area contributed by atoms with Gasteiger partial charge in [-0.05, 0) is 5.56 Å². The minimum absolute atomic E-state index is 0.00966. The molecule has 0 radical (unpaired) electrons. The Morgan fingerprint density at radius 3 is 2.85 bits per heavy atom. The van der Waals surface area contributed by atoms with Gasteiger partial charge >= 0.3 is 0 Å². The molecule has 0 spiro atoms. The Balaban J connectivity index is 1.59. The SMILES string of the molecule is CCc1noc(CCC(=O)N2CCO[C@](CO)(Cc3ccccc3)C2)n1. The van der Waals surface area contributed by atoms with E-state index in [0.717, 1.165) is 5.56 Å². The third-order valence-electron chi connectivity index (χ3n) is 4.64. The lowest BCUT2D eigenvalue weighted by molar-refractivity contribution is -0.158. The molecule has 1 atom stereocenters. The normalized spacial score (nSPS) is 20.3. The largest absolute Gasteiger partial charge is 0.393 e. The van der Waals surface area contributed by atoms with E-state index >= 15 is 0 Å². The summed E-state index contributed by atoms with van der Waals surface area (Å²) in [7, 11) is 0. The van der Waals surface area contributed by atoms with Crippen molar-refractivity contribution in [3.8, 4) is 0 Å². The Bertz CT molecular complexity index is 719. The van der Waals surface area contributed by atoms with Crippen LogP contribution in [0.25, 0.3) is 0 Å². The van der Waals surface area contributed by atoms with Crippen molar-refractivity contribution in [2.45, 2.75) is 38.2 Å². The molecule has 1 aliphatic heterocycles. The van der Waals surface area contributed by atoms with Crippen LogP contribution in [0.3, 0.4) is 0 Å². The van der Waals surface area contributed by atoms with Crippen LogP contribution in [-0.4, -0.2) is 58.0 Å². The number of morpholine rings is 1. The Labute approximate surface area is 153 Å². The second-order valence-electron chi connectivity index (χ2n) is 6.63. The topological polar surface area (TPSA) is 88.7 Å². The van der Waals surface area contributed by atoms with Crippen LogP contribution >= 0.6 is 0 Å². The summed E-state index contributed by atoms with van der Waals surface area (Å²) in [4.78, 5) is 18.6. The van der Waals surface area contributed by atoms with E-state index in [-0.39, 0.29) is 12.5 Å². The fraction of sp³-hybridized carbons (Fsp3) is 0.526. The van der Waals surface area contributed by atoms with Crippen LogP contribution in [0.1, 0.15) is 30.6 Å². The zero-order valence-electron chi connectivity index (χ0n) is 15.1. The Kier molecular flexibility index (Phi) is 6.00. The monoisotopic (exact) mass is 359 g/mol. The van der Waals surface area contributed by atoms with Crippen LogP contribution in [0.2, 0.25) is 0 Å². The van der Waals surface area contributed by atoms with Gasteiger partial charge in [0.15, 0.2) is 5.82 Å². The number of carbonyl (C=O) groups is 1. The molecule has 1 saturated heterocycles. The predicted molar refractivity (Wildman–Crippen MR) is 94.5 cm³/mol. The average molecular weight is 359 g/mol. The standard InChI is InChI=1S/C19H25N3O4/c1-2-16-20-17(26-21-16)8-9-18(24)22-10-11-25-19(13-22,14-23)12-15-6-4-3-5-7-15/h3-7,23H,2,8-14H2,1H3/t19-/m1/s1. The molecule has 140 valence electrons. The van der Waals surface area contributed by atoms with Crippen molar-refractivity contribution in [1.82, 2.24) is 15.0 Å². The first-order valence-electron chi connectivity index (χ1n) is 9.02. The lowest BCUT2D eigenvalue weighted by Crippen LogP contribution is -2.56. The predicted octanol–water partition coefficient (Wildman–Crippen LogP) is 1.40. The van der Waals surface area contributed by atoms with Crippen molar-refractivity contribution in [3.05, 3.63) is 47.6 Å². The molecule has 1 N–H and O–H groups in total. The maximum absolute atomic E-state index is 12.6. The Morgan fingerprint density at radius 2 is 2.15 bits per heavy atom. The number of amides is 1. The molecule has 2 aromatic rings. The minimum Gasteiger partial charge on any atom is -0.393 e. The van der Waals surface area contributed by atoms with Gasteiger partial charge in [-0.15, -0.1) is 0 Å². The summed E-state index contributed by atoms with van der Waals surface area (Å²) in [5, 5.41) is 13.8. The quantitative estimate of drug-likeness (QED) is 0.804. The highest BCUT2D eigenvalue weighted by Crippen LogP contribution is 2.23. The summed E-state index contributed by atoms with van der Waals surface area (Å²) in [5.74, 6) is 1.15. The van der Waals surface area contributed by atoms with Gasteiger partial charge in [-0.3, -0.25) is 4.79 Å². The number of aliphatic hydroxyl groups is 1. The van der Waals surface area contributed by atoms with E-state index in [1.165, 1.54) is 0 Å². The molecule has 7 heteroatoms. The van der Waals surface area contributed by atoms with Crippen molar-refractivity contribution >= 4 is 5.91 Å². The number of ether oxygens (including phenoxy) is 1. The first-order chi connectivity index (χ1) is 12.6. The highest BCUT2D eigenvalue weighted by molar-refractivity contribution is 5.76. The van der Waals surface area contributed by atoms with Gasteiger partial charge < -0.3 is 19.3 Å². The molecule has 7 nitrogen and oxygen atoms in total. The highest BCUT2D eigenvalue weighted by Gasteiger charge is 2.38. The first-order valence-corrected chi connectivity index (χ1v) is 9.02. The van der Waals surface area contributed by atoms with Gasteiger partial charge in [0.2, 0.25) is 11.8 Å². The van der Waals surface area contributed by atoms with Gasteiger partial charge in [-0.25, -0.2) is 0 Å². The fourth-order valence-electron chi connectivity index (χ4n) is 3.19. The van der Waals surface area contributed by atoms with Crippen molar-refractivity contribution in [1.29, 1.82) is 0 Å². The molecule has 1 aromatic heterocycles. The van der Waals surface area contributed by atoms with Crippen LogP contribution in [0.4, 0.5) is 0 Å². The van der Waals surface area contributed by atoms with E-state index in [1.807, 2.05) is 37.3 Å². The Morgan fingerprint density at radius 1 is 1.35 bits per heavy atom. The third-order valence-corrected chi connectivity index (χ3v) is 4.64. The number of aromatic nitrogens is 2. The van der Waals surface area contributed by atoms with E-state index in [4.69, 9.17) is 9.26 Å². The number of nitrogens with zero attached hydrogens (tertiary/aromatic N) is 3. The van der Waals surface area contributed by atoms with Gasteiger partial charge in [-0.1, -0.05) is 42.4 Å². The summed E-state index contributed by atoms with van der Waals surface area (Å²) in [5.41, 5.74) is 0.323. The molecular weight excluding hydrogens is 334 g/mol. The summed E-state index contributed by atoms with van der Waals surface area (Å²) in [6, 6.07) is 9.88. The summed E-state index contributed by atoms with van der Waals surface area (Å²) in [6.07, 6.45) is 2.00. The third kappa shape index (κ3) is 4.47. The molecule has 26 heavy (non-hydrogen) atoms. The molecule has 0 aliphatic carbocycles. The minimum atomic E-state index is -0.755. The molecule has 1 amide bonds. The molecule has 1 aliphatic rings.